The number of aryl methyl sites for hydroxylation is 2. The van der Waals surface area contributed by atoms with Gasteiger partial charge in [-0.3, -0.25) is 4.79 Å². The Balaban J connectivity index is 2.64. The van der Waals surface area contributed by atoms with E-state index < -0.39 is 0 Å². The number of nitrogen functional groups attached to an aromatic ring is 1. The molecular weight excluding hydrogens is 266 g/mol. The number of nitrogens with zero attached hydrogens (tertiary/aromatic N) is 3. The Morgan fingerprint density at radius 3 is 2.57 bits per heavy atom. The van der Waals surface area contributed by atoms with Crippen LogP contribution in [0, 0.1) is 19.8 Å². The molecule has 0 spiro atoms. The number of fused-ring (bicyclic) bond motifs is 1. The molecule has 3 N–H and O–H groups in total. The average molecular weight is 289 g/mol. The predicted molar refractivity (Wildman–Crippen MR) is 83.8 cm³/mol. The molecular formula is C15H23N5O. The Bertz CT molecular complexity index is 687. The first-order valence-electron chi connectivity index (χ1n) is 7.17. The highest BCUT2D eigenvalue weighted by Gasteiger charge is 2.18. The van der Waals surface area contributed by atoms with Crippen LogP contribution in [0.15, 0.2) is 0 Å². The zero-order valence-electron chi connectivity index (χ0n) is 13.3. The van der Waals surface area contributed by atoms with Gasteiger partial charge in [-0.15, -0.1) is 0 Å². The van der Waals surface area contributed by atoms with E-state index in [0.717, 1.165) is 34.7 Å². The van der Waals surface area contributed by atoms with Gasteiger partial charge in [0.25, 0.3) is 0 Å². The maximum absolute atomic E-state index is 11.2. The number of nitrogens with two attached hydrogens (primary N) is 1. The number of imidazole rings is 1. The Morgan fingerprint density at radius 2 is 2.00 bits per heavy atom. The summed E-state index contributed by atoms with van der Waals surface area (Å²) in [6.45, 7) is 11.0. The fraction of sp³-hybridized carbons (Fsp3) is 0.533. The molecule has 2 aromatic heterocycles. The smallest absolute Gasteiger partial charge is 0.217 e. The average Bonchev–Trinajstić information content (AvgIpc) is 2.72. The highest BCUT2D eigenvalue weighted by molar-refractivity contribution is 5.88. The van der Waals surface area contributed by atoms with E-state index in [1.165, 1.54) is 6.92 Å². The van der Waals surface area contributed by atoms with Crippen molar-refractivity contribution in [1.29, 1.82) is 0 Å². The van der Waals surface area contributed by atoms with Crippen molar-refractivity contribution in [2.75, 3.05) is 5.73 Å². The summed E-state index contributed by atoms with van der Waals surface area (Å²) >= 11 is 0. The molecule has 1 amide bonds. The molecule has 2 rings (SSSR count). The number of pyridine rings is 1. The van der Waals surface area contributed by atoms with E-state index in [-0.39, 0.29) is 5.91 Å². The number of carbonyl (C=O) groups is 1. The first-order chi connectivity index (χ1) is 9.81. The molecule has 2 heterocycles. The number of rotatable bonds is 4. The molecule has 0 aliphatic carbocycles. The van der Waals surface area contributed by atoms with Crippen LogP contribution in [0.25, 0.3) is 11.0 Å². The van der Waals surface area contributed by atoms with E-state index in [4.69, 9.17) is 5.73 Å². The van der Waals surface area contributed by atoms with Crippen LogP contribution >= 0.6 is 0 Å². The van der Waals surface area contributed by atoms with Gasteiger partial charge in [0.1, 0.15) is 11.3 Å². The summed E-state index contributed by atoms with van der Waals surface area (Å²) in [7, 11) is 0. The molecule has 2 aromatic rings. The first kappa shape index (κ1) is 15.3. The molecule has 6 nitrogen and oxygen atoms in total. The summed E-state index contributed by atoms with van der Waals surface area (Å²) in [5.74, 6) is 1.65. The summed E-state index contributed by atoms with van der Waals surface area (Å²) in [5.41, 5.74) is 9.76. The van der Waals surface area contributed by atoms with Crippen LogP contribution < -0.4 is 11.1 Å². The summed E-state index contributed by atoms with van der Waals surface area (Å²) in [6.07, 6.45) is 0. The van der Waals surface area contributed by atoms with Gasteiger partial charge in [0.15, 0.2) is 5.82 Å². The molecule has 0 aliphatic heterocycles. The SMILES string of the molecule is CC(=O)NCc1nc2c(N)nc(C)c(C)c2n1CC(C)C. The van der Waals surface area contributed by atoms with Crippen molar-refractivity contribution in [3.8, 4) is 0 Å². The molecule has 21 heavy (non-hydrogen) atoms. The lowest BCUT2D eigenvalue weighted by Gasteiger charge is -2.14. The Morgan fingerprint density at radius 1 is 1.33 bits per heavy atom. The molecule has 0 unspecified atom stereocenters. The second kappa shape index (κ2) is 5.71. The fourth-order valence-electron chi connectivity index (χ4n) is 2.45. The Labute approximate surface area is 124 Å². The fourth-order valence-corrected chi connectivity index (χ4v) is 2.45. The number of amides is 1. The monoisotopic (exact) mass is 289 g/mol. The van der Waals surface area contributed by atoms with Gasteiger partial charge in [-0.05, 0) is 25.3 Å². The van der Waals surface area contributed by atoms with Crippen molar-refractivity contribution in [1.82, 2.24) is 19.9 Å². The lowest BCUT2D eigenvalue weighted by atomic mass is 10.1. The summed E-state index contributed by atoms with van der Waals surface area (Å²) in [6, 6.07) is 0. The number of nitrogens with one attached hydrogen (secondary N) is 1. The van der Waals surface area contributed by atoms with Gasteiger partial charge < -0.3 is 15.6 Å². The number of hydrogen-bond donors (Lipinski definition) is 2. The highest BCUT2D eigenvalue weighted by atomic mass is 16.1. The highest BCUT2D eigenvalue weighted by Crippen LogP contribution is 2.26. The zero-order valence-corrected chi connectivity index (χ0v) is 13.3. The van der Waals surface area contributed by atoms with Gasteiger partial charge >= 0.3 is 0 Å². The van der Waals surface area contributed by atoms with Crippen molar-refractivity contribution in [2.45, 2.75) is 47.7 Å². The third-order valence-corrected chi connectivity index (χ3v) is 3.52. The number of aromatic nitrogens is 3. The number of hydrogen-bond acceptors (Lipinski definition) is 4. The van der Waals surface area contributed by atoms with Crippen molar-refractivity contribution in [3.05, 3.63) is 17.1 Å². The van der Waals surface area contributed by atoms with E-state index >= 15 is 0 Å². The largest absolute Gasteiger partial charge is 0.382 e. The molecule has 0 saturated heterocycles. The van der Waals surface area contributed by atoms with Crippen molar-refractivity contribution < 1.29 is 4.79 Å². The van der Waals surface area contributed by atoms with Crippen LogP contribution in [0.1, 0.15) is 37.9 Å². The van der Waals surface area contributed by atoms with E-state index in [0.29, 0.717) is 18.3 Å². The molecule has 0 bridgehead atoms. The molecule has 0 aromatic carbocycles. The van der Waals surface area contributed by atoms with Crippen molar-refractivity contribution in [2.24, 2.45) is 5.92 Å². The normalized spacial score (nSPS) is 11.3. The van der Waals surface area contributed by atoms with Crippen LogP contribution in [0.5, 0.6) is 0 Å². The number of carbonyl (C=O) groups excluding carboxylic acids is 1. The molecule has 0 aliphatic rings. The minimum absolute atomic E-state index is 0.0721. The Hall–Kier alpha value is -2.11. The van der Waals surface area contributed by atoms with Crippen LogP contribution in [0.2, 0.25) is 0 Å². The molecule has 0 saturated carbocycles. The van der Waals surface area contributed by atoms with Crippen molar-refractivity contribution in [3.63, 3.8) is 0 Å². The van der Waals surface area contributed by atoms with Crippen molar-refractivity contribution >= 4 is 22.8 Å². The summed E-state index contributed by atoms with van der Waals surface area (Å²) in [4.78, 5) is 20.1. The van der Waals surface area contributed by atoms with Gasteiger partial charge in [0.2, 0.25) is 5.91 Å². The lowest BCUT2D eigenvalue weighted by molar-refractivity contribution is -0.119. The Kier molecular flexibility index (Phi) is 4.16. The molecule has 0 fully saturated rings. The second-order valence-electron chi connectivity index (χ2n) is 5.85. The maximum atomic E-state index is 11.2. The van der Waals surface area contributed by atoms with Crippen LogP contribution in [0.3, 0.4) is 0 Å². The maximum Gasteiger partial charge on any atom is 0.217 e. The minimum atomic E-state index is -0.0721. The number of anilines is 1. The topological polar surface area (TPSA) is 85.8 Å². The third kappa shape index (κ3) is 2.99. The molecule has 0 atom stereocenters. The van der Waals surface area contributed by atoms with E-state index in [1.807, 2.05) is 13.8 Å². The zero-order chi connectivity index (χ0) is 15.7. The van der Waals surface area contributed by atoms with E-state index in [9.17, 15) is 4.79 Å². The summed E-state index contributed by atoms with van der Waals surface area (Å²) < 4.78 is 2.15. The predicted octanol–water partition coefficient (Wildman–Crippen LogP) is 1.92. The van der Waals surface area contributed by atoms with Gasteiger partial charge in [0, 0.05) is 19.2 Å². The minimum Gasteiger partial charge on any atom is -0.382 e. The van der Waals surface area contributed by atoms with Gasteiger partial charge in [-0.2, -0.15) is 0 Å². The standard InChI is InChI=1S/C15H23N5O/c1-8(2)7-20-12(6-17-11(5)21)19-13-14(20)9(3)10(4)18-15(13)16/h8H,6-7H2,1-5H3,(H2,16,18)(H,17,21). The quantitative estimate of drug-likeness (QED) is 0.900. The first-order valence-corrected chi connectivity index (χ1v) is 7.17. The van der Waals surface area contributed by atoms with Crippen LogP contribution in [-0.4, -0.2) is 20.4 Å². The summed E-state index contributed by atoms with van der Waals surface area (Å²) in [5, 5.41) is 2.81. The van der Waals surface area contributed by atoms with Gasteiger partial charge in [-0.25, -0.2) is 9.97 Å². The lowest BCUT2D eigenvalue weighted by Crippen LogP contribution is -2.22. The molecule has 6 heteroatoms. The van der Waals surface area contributed by atoms with Gasteiger partial charge in [0.05, 0.1) is 12.1 Å². The molecule has 0 radical (unpaired) electrons. The van der Waals surface area contributed by atoms with Crippen LogP contribution in [-0.2, 0) is 17.9 Å². The molecule has 114 valence electrons. The third-order valence-electron chi connectivity index (χ3n) is 3.52. The second-order valence-corrected chi connectivity index (χ2v) is 5.85. The van der Waals surface area contributed by atoms with Crippen LogP contribution in [0.4, 0.5) is 5.82 Å². The van der Waals surface area contributed by atoms with Gasteiger partial charge in [-0.1, -0.05) is 13.8 Å². The van der Waals surface area contributed by atoms with E-state index in [2.05, 4.69) is 33.7 Å². The van der Waals surface area contributed by atoms with E-state index in [1.54, 1.807) is 0 Å².